The van der Waals surface area contributed by atoms with Crippen LogP contribution in [0.2, 0.25) is 0 Å². The molecule has 2 atom stereocenters. The van der Waals surface area contributed by atoms with Gasteiger partial charge in [-0.3, -0.25) is 4.79 Å². The Morgan fingerprint density at radius 1 is 0.857 bits per heavy atom. The molecule has 1 fully saturated rings. The van der Waals surface area contributed by atoms with Gasteiger partial charge < -0.3 is 9.47 Å². The Morgan fingerprint density at radius 2 is 1.46 bits per heavy atom. The molecule has 1 heterocycles. The highest BCUT2D eigenvalue weighted by molar-refractivity contribution is 5.74. The van der Waals surface area contributed by atoms with Crippen molar-refractivity contribution in [2.24, 2.45) is 5.92 Å². The first-order valence-corrected chi connectivity index (χ1v) is 11.7. The van der Waals surface area contributed by atoms with Gasteiger partial charge in [0, 0.05) is 6.42 Å². The molecule has 0 spiro atoms. The first-order chi connectivity index (χ1) is 13.7. The minimum atomic E-state index is -0.0826. The minimum absolute atomic E-state index is 0.0103. The predicted octanol–water partition coefficient (Wildman–Crippen LogP) is 7.39. The summed E-state index contributed by atoms with van der Waals surface area (Å²) < 4.78 is 11.5. The number of ether oxygens (including phenoxy) is 2. The normalized spacial score (nSPS) is 19.0. The molecule has 1 saturated heterocycles. The van der Waals surface area contributed by atoms with Gasteiger partial charge in [0.05, 0.1) is 12.5 Å². The molecule has 0 saturated carbocycles. The third-order valence-electron chi connectivity index (χ3n) is 5.76. The maximum atomic E-state index is 12.2. The highest BCUT2D eigenvalue weighted by Crippen LogP contribution is 2.36. The molecule has 0 radical (unpaired) electrons. The van der Waals surface area contributed by atoms with Crippen LogP contribution in [-0.4, -0.2) is 12.6 Å². The minimum Gasteiger partial charge on any atom is -0.494 e. The van der Waals surface area contributed by atoms with Gasteiger partial charge in [-0.1, -0.05) is 90.2 Å². The Bertz CT molecular complexity index is 537. The highest BCUT2D eigenvalue weighted by atomic mass is 16.6. The van der Waals surface area contributed by atoms with E-state index in [2.05, 4.69) is 26.0 Å². The summed E-state index contributed by atoms with van der Waals surface area (Å²) in [6.45, 7) is 5.25. The summed E-state index contributed by atoms with van der Waals surface area (Å²) in [6.07, 6.45) is 15.6. The van der Waals surface area contributed by atoms with Crippen molar-refractivity contribution in [3.8, 4) is 5.75 Å². The van der Waals surface area contributed by atoms with Crippen molar-refractivity contribution < 1.29 is 14.3 Å². The number of cyclic esters (lactones) is 1. The molecule has 0 amide bonds. The van der Waals surface area contributed by atoms with Crippen LogP contribution in [-0.2, 0) is 9.53 Å². The molecule has 1 aromatic carbocycles. The molecule has 2 unspecified atom stereocenters. The lowest BCUT2D eigenvalue weighted by atomic mass is 9.95. The Balaban J connectivity index is 1.66. The van der Waals surface area contributed by atoms with E-state index >= 15 is 0 Å². The van der Waals surface area contributed by atoms with E-state index in [1.165, 1.54) is 57.8 Å². The van der Waals surface area contributed by atoms with Crippen molar-refractivity contribution in [2.45, 2.75) is 103 Å². The first kappa shape index (κ1) is 22.8. The summed E-state index contributed by atoms with van der Waals surface area (Å²) in [5.41, 5.74) is 1.09. The van der Waals surface area contributed by atoms with Crippen LogP contribution in [0.3, 0.4) is 0 Å². The molecule has 0 aliphatic carbocycles. The zero-order valence-electron chi connectivity index (χ0n) is 18.1. The smallest absolute Gasteiger partial charge is 0.309 e. The van der Waals surface area contributed by atoms with Crippen molar-refractivity contribution in [1.29, 1.82) is 0 Å². The summed E-state index contributed by atoms with van der Waals surface area (Å²) in [5, 5.41) is 0. The Kier molecular flexibility index (Phi) is 11.1. The average molecular weight is 389 g/mol. The molecule has 0 N–H and O–H groups in total. The molecule has 2 rings (SSSR count). The fourth-order valence-corrected chi connectivity index (χ4v) is 3.92. The van der Waals surface area contributed by atoms with E-state index in [-0.39, 0.29) is 18.0 Å². The number of rotatable bonds is 15. The van der Waals surface area contributed by atoms with Crippen LogP contribution >= 0.6 is 0 Å². The summed E-state index contributed by atoms with van der Waals surface area (Å²) in [4.78, 5) is 12.2. The van der Waals surface area contributed by atoms with E-state index in [1.807, 2.05) is 12.1 Å². The SMILES string of the molecule is CCCCCCCCOc1ccc(C2CC(CCCCCCC)C(=O)O2)cc1. The largest absolute Gasteiger partial charge is 0.494 e. The number of carbonyl (C=O) groups is 1. The zero-order chi connectivity index (χ0) is 20.0. The van der Waals surface area contributed by atoms with Crippen LogP contribution in [0.4, 0.5) is 0 Å². The van der Waals surface area contributed by atoms with Crippen molar-refractivity contribution in [2.75, 3.05) is 6.61 Å². The topological polar surface area (TPSA) is 35.5 Å². The monoisotopic (exact) mass is 388 g/mol. The second-order valence-electron chi connectivity index (χ2n) is 8.25. The molecule has 3 heteroatoms. The third-order valence-corrected chi connectivity index (χ3v) is 5.76. The van der Waals surface area contributed by atoms with Crippen LogP contribution in [0, 0.1) is 5.92 Å². The molecule has 1 aliphatic rings. The van der Waals surface area contributed by atoms with Gasteiger partial charge in [-0.2, -0.15) is 0 Å². The van der Waals surface area contributed by atoms with Crippen LogP contribution in [0.1, 0.15) is 109 Å². The summed E-state index contributed by atoms with van der Waals surface area (Å²) in [6, 6.07) is 8.13. The fraction of sp³-hybridized carbons (Fsp3) is 0.720. The van der Waals surface area contributed by atoms with Gasteiger partial charge in [0.15, 0.2) is 0 Å². The lowest BCUT2D eigenvalue weighted by Gasteiger charge is -2.11. The Labute approximate surface area is 172 Å². The molecule has 1 aromatic rings. The van der Waals surface area contributed by atoms with Gasteiger partial charge in [-0.25, -0.2) is 0 Å². The first-order valence-electron chi connectivity index (χ1n) is 11.7. The summed E-state index contributed by atoms with van der Waals surface area (Å²) in [7, 11) is 0. The average Bonchev–Trinajstić information content (AvgIpc) is 3.08. The maximum Gasteiger partial charge on any atom is 0.309 e. The lowest BCUT2D eigenvalue weighted by Crippen LogP contribution is -2.06. The molecule has 28 heavy (non-hydrogen) atoms. The van der Waals surface area contributed by atoms with E-state index in [1.54, 1.807) is 0 Å². The number of carbonyl (C=O) groups excluding carboxylic acids is 1. The molecule has 0 bridgehead atoms. The number of unbranched alkanes of at least 4 members (excludes halogenated alkanes) is 9. The molecule has 158 valence electrons. The molecule has 1 aliphatic heterocycles. The Hall–Kier alpha value is -1.51. The second kappa shape index (κ2) is 13.6. The number of benzene rings is 1. The van der Waals surface area contributed by atoms with Gasteiger partial charge in [-0.05, 0) is 30.5 Å². The predicted molar refractivity (Wildman–Crippen MR) is 116 cm³/mol. The summed E-state index contributed by atoms with van der Waals surface area (Å²) in [5.74, 6) is 0.980. The van der Waals surface area contributed by atoms with Crippen LogP contribution in [0.25, 0.3) is 0 Å². The van der Waals surface area contributed by atoms with Gasteiger partial charge in [0.25, 0.3) is 0 Å². The Morgan fingerprint density at radius 3 is 2.14 bits per heavy atom. The standard InChI is InChI=1S/C25H40O3/c1-3-5-7-9-11-13-19-27-23-17-15-21(16-18-23)24-20-22(25(26)28-24)14-12-10-8-6-4-2/h15-18,22,24H,3-14,19-20H2,1-2H3. The highest BCUT2D eigenvalue weighted by Gasteiger charge is 2.34. The van der Waals surface area contributed by atoms with E-state index in [9.17, 15) is 4.79 Å². The number of hydrogen-bond acceptors (Lipinski definition) is 3. The van der Waals surface area contributed by atoms with Crippen molar-refractivity contribution in [3.05, 3.63) is 29.8 Å². The number of esters is 1. The van der Waals surface area contributed by atoms with Crippen molar-refractivity contribution >= 4 is 5.97 Å². The fourth-order valence-electron chi connectivity index (χ4n) is 3.92. The van der Waals surface area contributed by atoms with E-state index < -0.39 is 0 Å². The van der Waals surface area contributed by atoms with Gasteiger partial charge >= 0.3 is 5.97 Å². The van der Waals surface area contributed by atoms with Crippen molar-refractivity contribution in [3.63, 3.8) is 0 Å². The lowest BCUT2D eigenvalue weighted by molar-refractivity contribution is -0.144. The van der Waals surface area contributed by atoms with Crippen LogP contribution in [0.5, 0.6) is 5.75 Å². The van der Waals surface area contributed by atoms with Crippen molar-refractivity contribution in [1.82, 2.24) is 0 Å². The van der Waals surface area contributed by atoms with Crippen LogP contribution in [0.15, 0.2) is 24.3 Å². The quantitative estimate of drug-likeness (QED) is 0.232. The van der Waals surface area contributed by atoms with Crippen LogP contribution < -0.4 is 4.74 Å². The molecule has 3 nitrogen and oxygen atoms in total. The van der Waals surface area contributed by atoms with Gasteiger partial charge in [-0.15, -0.1) is 0 Å². The molecular weight excluding hydrogens is 348 g/mol. The van der Waals surface area contributed by atoms with E-state index in [0.717, 1.165) is 43.6 Å². The summed E-state index contributed by atoms with van der Waals surface area (Å²) >= 11 is 0. The third kappa shape index (κ3) is 8.24. The van der Waals surface area contributed by atoms with Gasteiger partial charge in [0.2, 0.25) is 0 Å². The van der Waals surface area contributed by atoms with E-state index in [4.69, 9.17) is 9.47 Å². The molecular formula is C25H40O3. The van der Waals surface area contributed by atoms with Gasteiger partial charge in [0.1, 0.15) is 11.9 Å². The number of hydrogen-bond donors (Lipinski definition) is 0. The zero-order valence-corrected chi connectivity index (χ0v) is 18.1. The maximum absolute atomic E-state index is 12.2. The van der Waals surface area contributed by atoms with E-state index in [0.29, 0.717) is 0 Å². The second-order valence-corrected chi connectivity index (χ2v) is 8.25. The molecule has 0 aromatic heterocycles.